The third-order valence-corrected chi connectivity index (χ3v) is 5.60. The number of aromatic nitrogens is 4. The molecule has 0 saturated heterocycles. The van der Waals surface area contributed by atoms with Crippen LogP contribution in [0, 0.1) is 0 Å². The van der Waals surface area contributed by atoms with Gasteiger partial charge in [0.05, 0.1) is 16.7 Å². The number of hydrogen-bond donors (Lipinski definition) is 1. The van der Waals surface area contributed by atoms with Crippen LogP contribution in [-0.4, -0.2) is 36.6 Å². The van der Waals surface area contributed by atoms with Crippen molar-refractivity contribution in [1.82, 2.24) is 19.2 Å². The number of thioether (sulfide) groups is 1. The van der Waals surface area contributed by atoms with Gasteiger partial charge in [-0.15, -0.1) is 16.8 Å². The van der Waals surface area contributed by atoms with Crippen LogP contribution in [0.25, 0.3) is 16.7 Å². The van der Waals surface area contributed by atoms with Crippen LogP contribution >= 0.6 is 11.8 Å². The lowest BCUT2D eigenvalue weighted by Gasteiger charge is -2.10. The van der Waals surface area contributed by atoms with Gasteiger partial charge in [0.25, 0.3) is 5.56 Å². The minimum Gasteiger partial charge on any atom is -0.325 e. The Morgan fingerprint density at radius 1 is 1.16 bits per heavy atom. The number of ketones is 1. The highest BCUT2D eigenvalue weighted by molar-refractivity contribution is 7.99. The molecule has 1 N–H and O–H groups in total. The van der Waals surface area contributed by atoms with E-state index >= 15 is 0 Å². The number of nitrogens with one attached hydrogen (secondary N) is 1. The Balaban J connectivity index is 1.63. The SMILES string of the molecule is C=CCn1c(=O)c2ccccc2n2c(SCC(=O)Nc3cccc(C(C)=O)c3)nnc12. The van der Waals surface area contributed by atoms with Gasteiger partial charge >= 0.3 is 0 Å². The quantitative estimate of drug-likeness (QED) is 0.273. The van der Waals surface area contributed by atoms with E-state index in [1.54, 1.807) is 46.9 Å². The number of Topliss-reactive ketones (excluding diaryl/α,β-unsaturated/α-hetero) is 1. The molecule has 0 spiro atoms. The van der Waals surface area contributed by atoms with Gasteiger partial charge in [-0.3, -0.25) is 23.4 Å². The lowest BCUT2D eigenvalue weighted by Crippen LogP contribution is -2.22. The predicted octanol–water partition coefficient (Wildman–Crippen LogP) is 3.16. The van der Waals surface area contributed by atoms with E-state index < -0.39 is 0 Å². The van der Waals surface area contributed by atoms with Crippen LogP contribution in [0.5, 0.6) is 0 Å². The summed E-state index contributed by atoms with van der Waals surface area (Å²) in [6, 6.07) is 14.0. The molecule has 4 rings (SSSR count). The van der Waals surface area contributed by atoms with Crippen molar-refractivity contribution in [2.24, 2.45) is 0 Å². The minimum atomic E-state index is -0.244. The number of carbonyl (C=O) groups is 2. The summed E-state index contributed by atoms with van der Waals surface area (Å²) in [6.07, 6.45) is 1.63. The lowest BCUT2D eigenvalue weighted by molar-refractivity contribution is -0.113. The van der Waals surface area contributed by atoms with Gasteiger partial charge in [0, 0.05) is 17.8 Å². The van der Waals surface area contributed by atoms with Crippen molar-refractivity contribution in [1.29, 1.82) is 0 Å². The van der Waals surface area contributed by atoms with E-state index in [-0.39, 0.29) is 23.0 Å². The van der Waals surface area contributed by atoms with E-state index in [2.05, 4.69) is 22.1 Å². The van der Waals surface area contributed by atoms with Crippen molar-refractivity contribution in [2.75, 3.05) is 11.1 Å². The number of fused-ring (bicyclic) bond motifs is 3. The van der Waals surface area contributed by atoms with E-state index in [1.165, 1.54) is 23.3 Å². The van der Waals surface area contributed by atoms with Gasteiger partial charge in [-0.2, -0.15) is 0 Å². The molecule has 8 nitrogen and oxygen atoms in total. The van der Waals surface area contributed by atoms with Crippen molar-refractivity contribution in [2.45, 2.75) is 18.6 Å². The highest BCUT2D eigenvalue weighted by atomic mass is 32.2. The molecule has 156 valence electrons. The Kier molecular flexibility index (Phi) is 5.68. The fraction of sp³-hybridized carbons (Fsp3) is 0.136. The maximum absolute atomic E-state index is 12.8. The van der Waals surface area contributed by atoms with Crippen molar-refractivity contribution in [3.8, 4) is 0 Å². The summed E-state index contributed by atoms with van der Waals surface area (Å²) in [7, 11) is 0. The highest BCUT2D eigenvalue weighted by Gasteiger charge is 2.17. The topological polar surface area (TPSA) is 98.4 Å². The van der Waals surface area contributed by atoms with Gasteiger partial charge in [0.2, 0.25) is 11.7 Å². The summed E-state index contributed by atoms with van der Waals surface area (Å²) in [4.78, 5) is 36.8. The highest BCUT2D eigenvalue weighted by Crippen LogP contribution is 2.22. The summed E-state index contributed by atoms with van der Waals surface area (Å²) < 4.78 is 3.27. The average molecular weight is 433 g/mol. The van der Waals surface area contributed by atoms with Gasteiger partial charge in [-0.05, 0) is 31.2 Å². The molecule has 2 aromatic carbocycles. The number of rotatable bonds is 7. The zero-order valence-corrected chi connectivity index (χ0v) is 17.6. The van der Waals surface area contributed by atoms with E-state index in [0.717, 1.165) is 0 Å². The Bertz CT molecular complexity index is 1390. The maximum atomic E-state index is 12.8. The van der Waals surface area contributed by atoms with Gasteiger partial charge in [-0.1, -0.05) is 42.1 Å². The monoisotopic (exact) mass is 433 g/mol. The van der Waals surface area contributed by atoms with Crippen molar-refractivity contribution < 1.29 is 9.59 Å². The number of benzene rings is 2. The number of anilines is 1. The van der Waals surface area contributed by atoms with E-state index in [9.17, 15) is 14.4 Å². The van der Waals surface area contributed by atoms with E-state index in [4.69, 9.17) is 0 Å². The Hall–Kier alpha value is -3.72. The summed E-state index contributed by atoms with van der Waals surface area (Å²) in [6.45, 7) is 5.48. The normalized spacial score (nSPS) is 11.0. The van der Waals surface area contributed by atoms with Crippen LogP contribution < -0.4 is 10.9 Å². The fourth-order valence-electron chi connectivity index (χ4n) is 3.26. The molecule has 4 aromatic rings. The molecule has 0 radical (unpaired) electrons. The molecule has 0 saturated carbocycles. The Morgan fingerprint density at radius 3 is 2.74 bits per heavy atom. The molecule has 0 unspecified atom stereocenters. The second-order valence-electron chi connectivity index (χ2n) is 6.81. The molecule has 2 aromatic heterocycles. The standard InChI is InChI=1S/C22H19N5O3S/c1-3-11-26-20(30)17-9-4-5-10-18(17)27-21(26)24-25-22(27)31-13-19(29)23-16-8-6-7-15(12-16)14(2)28/h3-10,12H,1,11,13H2,2H3,(H,23,29). The van der Waals surface area contributed by atoms with Crippen molar-refractivity contribution in [3.63, 3.8) is 0 Å². The summed E-state index contributed by atoms with van der Waals surface area (Å²) >= 11 is 1.21. The van der Waals surface area contributed by atoms with Gasteiger partial charge in [0.1, 0.15) is 0 Å². The van der Waals surface area contributed by atoms with Gasteiger partial charge in [-0.25, -0.2) is 0 Å². The lowest BCUT2D eigenvalue weighted by atomic mass is 10.1. The molecule has 31 heavy (non-hydrogen) atoms. The second kappa shape index (κ2) is 8.57. The molecule has 0 aliphatic carbocycles. The first-order valence-corrected chi connectivity index (χ1v) is 10.5. The first-order chi connectivity index (χ1) is 15.0. The second-order valence-corrected chi connectivity index (χ2v) is 7.76. The summed E-state index contributed by atoms with van der Waals surface area (Å²) in [5, 5.41) is 12.2. The number of hydrogen-bond acceptors (Lipinski definition) is 6. The number of para-hydroxylation sites is 1. The zero-order chi connectivity index (χ0) is 22.0. The number of nitrogens with zero attached hydrogens (tertiary/aromatic N) is 4. The largest absolute Gasteiger partial charge is 0.325 e. The molecular weight excluding hydrogens is 414 g/mol. The Labute approximate surface area is 181 Å². The minimum absolute atomic E-state index is 0.0714. The third kappa shape index (κ3) is 3.99. The first kappa shape index (κ1) is 20.5. The van der Waals surface area contributed by atoms with Crippen LogP contribution in [0.1, 0.15) is 17.3 Å². The third-order valence-electron chi connectivity index (χ3n) is 4.68. The van der Waals surface area contributed by atoms with Crippen LogP contribution in [-0.2, 0) is 11.3 Å². The maximum Gasteiger partial charge on any atom is 0.263 e. The smallest absolute Gasteiger partial charge is 0.263 e. The van der Waals surface area contributed by atoms with Crippen LogP contribution in [0.15, 0.2) is 71.1 Å². The number of carbonyl (C=O) groups excluding carboxylic acids is 2. The molecule has 2 heterocycles. The van der Waals surface area contributed by atoms with E-state index in [0.29, 0.717) is 39.6 Å². The molecule has 0 aliphatic heterocycles. The molecule has 0 atom stereocenters. The van der Waals surface area contributed by atoms with Crippen molar-refractivity contribution >= 4 is 45.8 Å². The molecule has 9 heteroatoms. The van der Waals surface area contributed by atoms with Gasteiger partial charge < -0.3 is 5.32 Å². The molecule has 0 fully saturated rings. The molecular formula is C22H19N5O3S. The zero-order valence-electron chi connectivity index (χ0n) is 16.7. The van der Waals surface area contributed by atoms with Crippen molar-refractivity contribution in [3.05, 3.63) is 77.1 Å². The Morgan fingerprint density at radius 2 is 1.97 bits per heavy atom. The first-order valence-electron chi connectivity index (χ1n) is 9.51. The number of allylic oxidation sites excluding steroid dienone is 1. The van der Waals surface area contributed by atoms with Crippen LogP contribution in [0.3, 0.4) is 0 Å². The van der Waals surface area contributed by atoms with Crippen LogP contribution in [0.2, 0.25) is 0 Å². The molecule has 0 aliphatic rings. The predicted molar refractivity (Wildman–Crippen MR) is 121 cm³/mol. The molecule has 0 bridgehead atoms. The van der Waals surface area contributed by atoms with Gasteiger partial charge in [0.15, 0.2) is 10.9 Å². The van der Waals surface area contributed by atoms with E-state index in [1.807, 2.05) is 12.1 Å². The molecule has 1 amide bonds. The fourth-order valence-corrected chi connectivity index (χ4v) is 4.00. The summed E-state index contributed by atoms with van der Waals surface area (Å²) in [5.74, 6) is 0.157. The number of amides is 1. The van der Waals surface area contributed by atoms with Crippen LogP contribution in [0.4, 0.5) is 5.69 Å². The average Bonchev–Trinajstić information content (AvgIpc) is 3.19. The summed E-state index contributed by atoms with van der Waals surface area (Å²) in [5.41, 5.74) is 1.58.